The Bertz CT molecular complexity index is 1660. The summed E-state index contributed by atoms with van der Waals surface area (Å²) in [5, 5.41) is 3.40. The Kier molecular flexibility index (Phi) is 6.37. The zero-order chi connectivity index (χ0) is 28.2. The van der Waals surface area contributed by atoms with E-state index in [9.17, 15) is 4.39 Å². The molecule has 3 N–H and O–H groups in total. The average Bonchev–Trinajstić information content (AvgIpc) is 3.53. The molecule has 4 heterocycles. The summed E-state index contributed by atoms with van der Waals surface area (Å²) in [6.45, 7) is 6.03. The fraction of sp³-hybridized carbons (Fsp3) is 0.370. The molecule has 1 aliphatic carbocycles. The number of oxazole rings is 1. The van der Waals surface area contributed by atoms with Crippen molar-refractivity contribution in [2.45, 2.75) is 44.1 Å². The number of benzene rings is 1. The number of amidine groups is 1. The second-order valence-corrected chi connectivity index (χ2v) is 11.6. The normalized spacial score (nSPS) is 23.6. The van der Waals surface area contributed by atoms with E-state index in [4.69, 9.17) is 19.6 Å². The zero-order valence-corrected chi connectivity index (χ0v) is 23.1. The lowest BCUT2D eigenvalue weighted by atomic mass is 9.85. The van der Waals surface area contributed by atoms with E-state index in [1.165, 1.54) is 24.3 Å². The van der Waals surface area contributed by atoms with Crippen molar-refractivity contribution in [1.82, 2.24) is 19.9 Å². The van der Waals surface area contributed by atoms with Gasteiger partial charge in [0.25, 0.3) is 0 Å². The molecule has 0 saturated heterocycles. The number of ether oxygens (including phenoxy) is 2. The van der Waals surface area contributed by atoms with Crippen LogP contribution >= 0.6 is 11.8 Å². The van der Waals surface area contributed by atoms with E-state index in [0.29, 0.717) is 57.4 Å². The summed E-state index contributed by atoms with van der Waals surface area (Å²) in [6.07, 6.45) is 3.62. The molecule has 1 saturated carbocycles. The van der Waals surface area contributed by atoms with Crippen molar-refractivity contribution >= 4 is 39.5 Å². The van der Waals surface area contributed by atoms with Crippen LogP contribution in [0, 0.1) is 31.4 Å². The van der Waals surface area contributed by atoms with Crippen LogP contribution in [0.1, 0.15) is 36.3 Å². The number of nitrogens with one attached hydrogen (secondary N) is 1. The number of methoxy groups -OCH3 is 1. The fourth-order valence-corrected chi connectivity index (χ4v) is 6.90. The molecule has 3 aromatic heterocycles. The minimum Gasteiger partial charge on any atom is -0.485 e. The van der Waals surface area contributed by atoms with Gasteiger partial charge in [-0.2, -0.15) is 0 Å². The number of aryl methyl sites for hydroxylation is 2. The van der Waals surface area contributed by atoms with Gasteiger partial charge in [-0.05, 0) is 26.3 Å². The van der Waals surface area contributed by atoms with E-state index < -0.39 is 17.2 Å². The van der Waals surface area contributed by atoms with Crippen LogP contribution in [-0.2, 0) is 16.9 Å². The van der Waals surface area contributed by atoms with Gasteiger partial charge in [0.15, 0.2) is 28.5 Å². The average molecular weight is 568 g/mol. The first-order valence-electron chi connectivity index (χ1n) is 12.6. The summed E-state index contributed by atoms with van der Waals surface area (Å²) in [5.41, 5.74) is 7.12. The lowest BCUT2D eigenvalue weighted by Crippen LogP contribution is -2.37. The molecular weight excluding hydrogens is 540 g/mol. The maximum absolute atomic E-state index is 15.3. The van der Waals surface area contributed by atoms with E-state index >= 15 is 4.39 Å². The molecule has 0 spiro atoms. The van der Waals surface area contributed by atoms with Crippen LogP contribution < -0.4 is 15.8 Å². The number of hydrogen-bond donors (Lipinski definition) is 2. The summed E-state index contributed by atoms with van der Waals surface area (Å²) in [5.74, 6) is 0.0254. The Morgan fingerprint density at radius 1 is 1.20 bits per heavy atom. The van der Waals surface area contributed by atoms with Crippen LogP contribution in [0.5, 0.6) is 5.75 Å². The maximum Gasteiger partial charge on any atom is 0.191 e. The van der Waals surface area contributed by atoms with Crippen molar-refractivity contribution in [3.05, 3.63) is 65.3 Å². The third-order valence-corrected chi connectivity index (χ3v) is 8.68. The van der Waals surface area contributed by atoms with Crippen molar-refractivity contribution in [2.75, 3.05) is 19.0 Å². The number of anilines is 2. The van der Waals surface area contributed by atoms with Gasteiger partial charge in [-0.1, -0.05) is 11.8 Å². The summed E-state index contributed by atoms with van der Waals surface area (Å²) in [6, 6.07) is 4.35. The summed E-state index contributed by atoms with van der Waals surface area (Å²) in [4.78, 5) is 21.9. The minimum absolute atomic E-state index is 0.0636. The number of aliphatic imine (C=N–C) groups is 1. The van der Waals surface area contributed by atoms with Gasteiger partial charge in [-0.25, -0.2) is 28.7 Å². The Labute approximate surface area is 232 Å². The highest BCUT2D eigenvalue weighted by atomic mass is 32.2. The van der Waals surface area contributed by atoms with Gasteiger partial charge in [0, 0.05) is 43.3 Å². The highest BCUT2D eigenvalue weighted by Crippen LogP contribution is 2.66. The monoisotopic (exact) mass is 567 g/mol. The second-order valence-electron chi connectivity index (χ2n) is 10.2. The van der Waals surface area contributed by atoms with Crippen molar-refractivity contribution in [3.63, 3.8) is 0 Å². The second kappa shape index (κ2) is 9.66. The standard InChI is InChI=1S/C27H27F2N7O3S/c1-13-20(34-14(2)39-13)10-38-16-7-19-23(31-9-16)24(33-12-32-19)35-15-5-17(22(29)18(28)6-15)26(3)21-8-27(21,11-37-4)40-25(30)36-26/h5-7,9,12,21H,8,10-11H2,1-4H3,(H2,30,36)(H,32,33,35)/t21-,26-,27+/m0/s1. The molecule has 3 atom stereocenters. The van der Waals surface area contributed by atoms with Gasteiger partial charge in [0.05, 0.1) is 28.6 Å². The molecule has 1 fully saturated rings. The predicted molar refractivity (Wildman–Crippen MR) is 147 cm³/mol. The third-order valence-electron chi connectivity index (χ3n) is 7.40. The Balaban J connectivity index is 1.29. The van der Waals surface area contributed by atoms with E-state index in [1.54, 1.807) is 33.1 Å². The molecule has 0 unspecified atom stereocenters. The minimum atomic E-state index is -1.06. The first-order valence-corrected chi connectivity index (χ1v) is 13.4. The van der Waals surface area contributed by atoms with Crippen LogP contribution in [0.15, 0.2) is 40.1 Å². The largest absolute Gasteiger partial charge is 0.485 e. The smallest absolute Gasteiger partial charge is 0.191 e. The summed E-state index contributed by atoms with van der Waals surface area (Å²) >= 11 is 1.43. The number of nitrogens with two attached hydrogens (primary N) is 1. The van der Waals surface area contributed by atoms with Crippen LogP contribution in [-0.4, -0.2) is 43.6 Å². The van der Waals surface area contributed by atoms with Gasteiger partial charge in [0.2, 0.25) is 0 Å². The molecule has 1 aliphatic heterocycles. The molecule has 10 nitrogen and oxygen atoms in total. The van der Waals surface area contributed by atoms with Gasteiger partial charge in [0.1, 0.15) is 35.7 Å². The van der Waals surface area contributed by atoms with Crippen LogP contribution in [0.3, 0.4) is 0 Å². The zero-order valence-electron chi connectivity index (χ0n) is 22.3. The Morgan fingerprint density at radius 3 is 2.77 bits per heavy atom. The Morgan fingerprint density at radius 2 is 2.02 bits per heavy atom. The van der Waals surface area contributed by atoms with Crippen molar-refractivity contribution < 1.29 is 22.7 Å². The van der Waals surface area contributed by atoms with Gasteiger partial charge < -0.3 is 24.9 Å². The van der Waals surface area contributed by atoms with Crippen molar-refractivity contribution in [2.24, 2.45) is 16.6 Å². The van der Waals surface area contributed by atoms with Gasteiger partial charge >= 0.3 is 0 Å². The molecule has 40 heavy (non-hydrogen) atoms. The molecular formula is C27H27F2N7O3S. The van der Waals surface area contributed by atoms with E-state index in [0.717, 1.165) is 12.5 Å². The van der Waals surface area contributed by atoms with E-state index in [2.05, 4.69) is 30.2 Å². The van der Waals surface area contributed by atoms with Crippen LogP contribution in [0.25, 0.3) is 11.0 Å². The molecule has 1 aromatic carbocycles. The lowest BCUT2D eigenvalue weighted by molar-refractivity contribution is 0.184. The van der Waals surface area contributed by atoms with E-state index in [-0.39, 0.29) is 22.8 Å². The van der Waals surface area contributed by atoms with Crippen molar-refractivity contribution in [3.8, 4) is 5.75 Å². The number of rotatable bonds is 8. The highest BCUT2D eigenvalue weighted by molar-refractivity contribution is 8.15. The van der Waals surface area contributed by atoms with Gasteiger partial charge in [-0.3, -0.25) is 4.99 Å². The van der Waals surface area contributed by atoms with Crippen molar-refractivity contribution in [1.29, 1.82) is 0 Å². The fourth-order valence-electron chi connectivity index (χ4n) is 5.45. The number of nitrogens with zero attached hydrogens (tertiary/aromatic N) is 5. The molecule has 13 heteroatoms. The molecule has 208 valence electrons. The molecule has 0 amide bonds. The molecule has 2 aliphatic rings. The molecule has 0 bridgehead atoms. The molecule has 4 aromatic rings. The first-order chi connectivity index (χ1) is 19.1. The molecule has 0 radical (unpaired) electrons. The third kappa shape index (κ3) is 4.52. The molecule has 6 rings (SSSR count). The van der Waals surface area contributed by atoms with Crippen LogP contribution in [0.4, 0.5) is 20.3 Å². The van der Waals surface area contributed by atoms with E-state index in [1.807, 2.05) is 6.92 Å². The summed E-state index contributed by atoms with van der Waals surface area (Å²) in [7, 11) is 1.61. The topological polar surface area (TPSA) is 134 Å². The number of fused-ring (bicyclic) bond motifs is 2. The highest BCUT2D eigenvalue weighted by Gasteiger charge is 2.66. The number of halogens is 2. The lowest BCUT2D eigenvalue weighted by Gasteiger charge is -2.34. The maximum atomic E-state index is 15.3. The van der Waals surface area contributed by atoms with Gasteiger partial charge in [-0.15, -0.1) is 0 Å². The SMILES string of the molecule is COC[C@]12C[C@H]1[C@](C)(c1cc(Nc3ncnc4cc(OCc5nc(C)oc5C)cnc34)cc(F)c1F)N=C(N)S2. The quantitative estimate of drug-likeness (QED) is 0.302. The number of hydrogen-bond acceptors (Lipinski definition) is 11. The Hall–Kier alpha value is -3.84. The van der Waals surface area contributed by atoms with Crippen LogP contribution in [0.2, 0.25) is 0 Å². The first kappa shape index (κ1) is 26.4. The predicted octanol–water partition coefficient (Wildman–Crippen LogP) is 4.91. The number of pyridine rings is 1. The number of aromatic nitrogens is 4. The number of thioether (sulfide) groups is 1. The summed E-state index contributed by atoms with van der Waals surface area (Å²) < 4.78 is 46.6.